The van der Waals surface area contributed by atoms with Gasteiger partial charge in [0.1, 0.15) is 11.9 Å². The van der Waals surface area contributed by atoms with Crippen molar-refractivity contribution in [3.63, 3.8) is 0 Å². The fourth-order valence-corrected chi connectivity index (χ4v) is 4.54. The fourth-order valence-electron chi connectivity index (χ4n) is 2.79. The second-order valence-corrected chi connectivity index (χ2v) is 8.69. The predicted octanol–water partition coefficient (Wildman–Crippen LogP) is 3.46. The molecule has 6 nitrogen and oxygen atoms in total. The van der Waals surface area contributed by atoms with Gasteiger partial charge in [0.25, 0.3) is 0 Å². The van der Waals surface area contributed by atoms with Crippen molar-refractivity contribution in [2.75, 3.05) is 27.2 Å². The molecule has 3 rings (SSSR count). The van der Waals surface area contributed by atoms with Crippen LogP contribution in [-0.2, 0) is 14.8 Å². The largest absolute Gasteiger partial charge is 0.374 e. The van der Waals surface area contributed by atoms with Gasteiger partial charge < -0.3 is 10.6 Å². The smallest absolute Gasteiger partial charge is 0.246 e. The summed E-state index contributed by atoms with van der Waals surface area (Å²) in [4.78, 5) is 12.3. The Bertz CT molecular complexity index is 951. The molecule has 2 aromatic carbocycles. The van der Waals surface area contributed by atoms with Crippen molar-refractivity contribution in [1.29, 1.82) is 0 Å². The number of anilines is 3. The molecule has 0 saturated carbocycles. The van der Waals surface area contributed by atoms with E-state index in [1.54, 1.807) is 31.2 Å². The zero-order chi connectivity index (χ0) is 19.6. The van der Waals surface area contributed by atoms with Crippen LogP contribution in [0, 0.1) is 5.82 Å². The number of hydrogen-bond acceptors (Lipinski definition) is 4. The number of amides is 1. The number of carbonyl (C=O) groups excluding carboxylic acids is 1. The van der Waals surface area contributed by atoms with Crippen molar-refractivity contribution in [1.82, 2.24) is 0 Å². The lowest BCUT2D eigenvalue weighted by Crippen LogP contribution is -2.31. The highest BCUT2D eigenvalue weighted by molar-refractivity contribution is 7.93. The summed E-state index contributed by atoms with van der Waals surface area (Å²) in [6, 6.07) is 10.2. The lowest BCUT2D eigenvalue weighted by molar-refractivity contribution is -0.116. The molecule has 1 saturated heterocycles. The van der Waals surface area contributed by atoms with E-state index in [9.17, 15) is 17.6 Å². The molecule has 1 aliphatic rings. The van der Waals surface area contributed by atoms with Gasteiger partial charge in [-0.25, -0.2) is 12.8 Å². The van der Waals surface area contributed by atoms with Crippen LogP contribution in [0.15, 0.2) is 42.5 Å². The van der Waals surface area contributed by atoms with Gasteiger partial charge in [-0.2, -0.15) is 0 Å². The molecule has 0 bridgehead atoms. The lowest BCUT2D eigenvalue weighted by atomic mass is 10.2. The third-order valence-corrected chi connectivity index (χ3v) is 6.38. The van der Waals surface area contributed by atoms with Crippen LogP contribution < -0.4 is 14.9 Å². The van der Waals surface area contributed by atoms with Crippen LogP contribution in [0.25, 0.3) is 0 Å². The summed E-state index contributed by atoms with van der Waals surface area (Å²) in [6.45, 7) is 2.16. The summed E-state index contributed by atoms with van der Waals surface area (Å²) < 4.78 is 38.5. The number of nitrogens with zero attached hydrogens (tertiary/aromatic N) is 1. The molecule has 1 fully saturated rings. The maximum absolute atomic E-state index is 13.2. The highest BCUT2D eigenvalue weighted by atomic mass is 35.5. The van der Waals surface area contributed by atoms with Crippen LogP contribution in [0.5, 0.6) is 0 Å². The van der Waals surface area contributed by atoms with Crippen LogP contribution in [-0.4, -0.2) is 32.7 Å². The van der Waals surface area contributed by atoms with Gasteiger partial charge in [0.15, 0.2) is 0 Å². The number of sulfonamides is 1. The first kappa shape index (κ1) is 19.4. The Labute approximate surface area is 162 Å². The Hall–Kier alpha value is -2.32. The van der Waals surface area contributed by atoms with Crippen molar-refractivity contribution in [3.05, 3.63) is 53.3 Å². The average molecular weight is 412 g/mol. The van der Waals surface area contributed by atoms with Gasteiger partial charge in [0.05, 0.1) is 16.5 Å². The standard InChI is InChI=1S/C18H19ClFN3O3S/c1-12(18(24)22-14-5-8-17(20)16(19)11-14)21-13-3-6-15(7-4-13)23-9-2-10-27(23,25)26/h3-8,11-12,21H,2,9-10H2,1H3,(H,22,24). The van der Waals surface area contributed by atoms with Gasteiger partial charge >= 0.3 is 0 Å². The van der Waals surface area contributed by atoms with Crippen LogP contribution in [0.3, 0.4) is 0 Å². The summed E-state index contributed by atoms with van der Waals surface area (Å²) in [7, 11) is -3.22. The molecule has 1 amide bonds. The quantitative estimate of drug-likeness (QED) is 0.789. The van der Waals surface area contributed by atoms with E-state index in [4.69, 9.17) is 11.6 Å². The second kappa shape index (κ2) is 7.74. The molecule has 0 radical (unpaired) electrons. The molecule has 1 heterocycles. The maximum Gasteiger partial charge on any atom is 0.246 e. The molecule has 2 N–H and O–H groups in total. The number of carbonyl (C=O) groups is 1. The van der Waals surface area contributed by atoms with Crippen molar-refractivity contribution in [3.8, 4) is 0 Å². The zero-order valence-corrected chi connectivity index (χ0v) is 16.1. The topological polar surface area (TPSA) is 78.5 Å². The van der Waals surface area contributed by atoms with E-state index in [0.717, 1.165) is 0 Å². The molecule has 1 atom stereocenters. The normalized spacial score (nSPS) is 16.8. The zero-order valence-electron chi connectivity index (χ0n) is 14.6. The molecule has 9 heteroatoms. The van der Waals surface area contributed by atoms with Crippen LogP contribution in [0.4, 0.5) is 21.5 Å². The fraction of sp³-hybridized carbons (Fsp3) is 0.278. The highest BCUT2D eigenvalue weighted by Gasteiger charge is 2.28. The molecule has 2 aromatic rings. The molecule has 1 unspecified atom stereocenters. The third-order valence-electron chi connectivity index (χ3n) is 4.22. The number of hydrogen-bond donors (Lipinski definition) is 2. The van der Waals surface area contributed by atoms with E-state index in [1.165, 1.54) is 22.5 Å². The number of nitrogens with one attached hydrogen (secondary N) is 2. The molecule has 0 aromatic heterocycles. The molecule has 144 valence electrons. The molecule has 0 aliphatic carbocycles. The van der Waals surface area contributed by atoms with E-state index in [0.29, 0.717) is 30.0 Å². The van der Waals surface area contributed by atoms with Gasteiger partial charge in [-0.1, -0.05) is 11.6 Å². The van der Waals surface area contributed by atoms with Gasteiger partial charge in [-0.05, 0) is 55.8 Å². The van der Waals surface area contributed by atoms with E-state index in [2.05, 4.69) is 10.6 Å². The first-order chi connectivity index (χ1) is 12.8. The second-order valence-electron chi connectivity index (χ2n) is 6.27. The van der Waals surface area contributed by atoms with Crippen molar-refractivity contribution in [2.24, 2.45) is 0 Å². The van der Waals surface area contributed by atoms with Crippen molar-refractivity contribution < 1.29 is 17.6 Å². The van der Waals surface area contributed by atoms with Gasteiger partial charge in [0.2, 0.25) is 15.9 Å². The van der Waals surface area contributed by atoms with E-state index in [1.807, 2.05) is 0 Å². The van der Waals surface area contributed by atoms with E-state index in [-0.39, 0.29) is 16.7 Å². The molecular formula is C18H19ClFN3O3S. The first-order valence-electron chi connectivity index (χ1n) is 8.39. The first-order valence-corrected chi connectivity index (χ1v) is 10.4. The van der Waals surface area contributed by atoms with Crippen molar-refractivity contribution >= 4 is 44.6 Å². The van der Waals surface area contributed by atoms with Crippen molar-refractivity contribution in [2.45, 2.75) is 19.4 Å². The Balaban J connectivity index is 1.62. The molecular weight excluding hydrogens is 393 g/mol. The summed E-state index contributed by atoms with van der Waals surface area (Å²) in [5, 5.41) is 5.63. The monoisotopic (exact) mass is 411 g/mol. The summed E-state index contributed by atoms with van der Waals surface area (Å²) in [5.74, 6) is -0.706. The number of rotatable bonds is 5. The average Bonchev–Trinajstić information content (AvgIpc) is 2.98. The van der Waals surface area contributed by atoms with Gasteiger partial charge in [-0.3, -0.25) is 9.10 Å². The van der Waals surface area contributed by atoms with Crippen LogP contribution in [0.1, 0.15) is 13.3 Å². The molecule has 1 aliphatic heterocycles. The minimum atomic E-state index is -3.22. The molecule has 27 heavy (non-hydrogen) atoms. The Kier molecular flexibility index (Phi) is 5.57. The SMILES string of the molecule is CC(Nc1ccc(N2CCCS2(=O)=O)cc1)C(=O)Nc1ccc(F)c(Cl)c1. The van der Waals surface area contributed by atoms with E-state index >= 15 is 0 Å². The summed E-state index contributed by atoms with van der Waals surface area (Å²) >= 11 is 5.71. The minimum absolute atomic E-state index is 0.0686. The lowest BCUT2D eigenvalue weighted by Gasteiger charge is -2.19. The Morgan fingerprint density at radius 3 is 2.44 bits per heavy atom. The Morgan fingerprint density at radius 2 is 1.85 bits per heavy atom. The van der Waals surface area contributed by atoms with Gasteiger partial charge in [-0.15, -0.1) is 0 Å². The van der Waals surface area contributed by atoms with E-state index < -0.39 is 21.9 Å². The minimum Gasteiger partial charge on any atom is -0.374 e. The Morgan fingerprint density at radius 1 is 1.19 bits per heavy atom. The summed E-state index contributed by atoms with van der Waals surface area (Å²) in [6.07, 6.45) is 0.618. The molecule has 0 spiro atoms. The summed E-state index contributed by atoms with van der Waals surface area (Å²) in [5.41, 5.74) is 1.68. The number of halogens is 2. The van der Waals surface area contributed by atoms with Crippen LogP contribution >= 0.6 is 11.6 Å². The maximum atomic E-state index is 13.2. The third kappa shape index (κ3) is 4.51. The number of benzene rings is 2. The predicted molar refractivity (Wildman–Crippen MR) is 105 cm³/mol. The van der Waals surface area contributed by atoms with Gasteiger partial charge in [0, 0.05) is 17.9 Å². The highest BCUT2D eigenvalue weighted by Crippen LogP contribution is 2.25. The van der Waals surface area contributed by atoms with Crippen LogP contribution in [0.2, 0.25) is 5.02 Å².